The number of alkyl halides is 2. The standard InChI is InChI=1S/C19H18F2N6O3S/c1-26-18-13(9-23-26)4-3-5-16(18)25-31(28,29)15-10-24-27(11-15)17-8-14(6-7-22-17)19(20,21)12-30-2/h3-11,25H,12H2,1-2H3. The minimum atomic E-state index is -4.00. The summed E-state index contributed by atoms with van der Waals surface area (Å²) in [6, 6.07) is 7.44. The van der Waals surface area contributed by atoms with Crippen LogP contribution in [0.25, 0.3) is 16.7 Å². The third-order valence-corrected chi connectivity index (χ3v) is 5.92. The molecule has 0 aliphatic heterocycles. The molecule has 12 heteroatoms. The van der Waals surface area contributed by atoms with Crippen molar-refractivity contribution in [3.8, 4) is 5.82 Å². The zero-order valence-electron chi connectivity index (χ0n) is 16.5. The van der Waals surface area contributed by atoms with Crippen molar-refractivity contribution in [2.75, 3.05) is 18.4 Å². The first kappa shape index (κ1) is 20.9. The molecular formula is C19H18F2N6O3S. The van der Waals surface area contributed by atoms with Crippen LogP contribution in [0.4, 0.5) is 14.5 Å². The van der Waals surface area contributed by atoms with E-state index in [-0.39, 0.29) is 16.3 Å². The third-order valence-electron chi connectivity index (χ3n) is 4.60. The lowest BCUT2D eigenvalue weighted by Gasteiger charge is -2.16. The molecule has 1 N–H and O–H groups in total. The van der Waals surface area contributed by atoms with Gasteiger partial charge in [0.2, 0.25) is 0 Å². The van der Waals surface area contributed by atoms with Gasteiger partial charge in [-0.3, -0.25) is 9.40 Å². The Labute approximate surface area is 176 Å². The molecule has 0 amide bonds. The molecule has 0 radical (unpaired) electrons. The lowest BCUT2D eigenvalue weighted by Crippen LogP contribution is -2.20. The number of nitrogens with one attached hydrogen (secondary N) is 1. The van der Waals surface area contributed by atoms with Gasteiger partial charge in [0.25, 0.3) is 15.9 Å². The first-order valence-corrected chi connectivity index (χ1v) is 10.5. The highest BCUT2D eigenvalue weighted by Gasteiger charge is 2.32. The number of sulfonamides is 1. The van der Waals surface area contributed by atoms with E-state index in [0.717, 1.165) is 22.3 Å². The second-order valence-corrected chi connectivity index (χ2v) is 8.46. The Morgan fingerprint density at radius 2 is 2.00 bits per heavy atom. The Hall–Kier alpha value is -3.38. The Bertz CT molecular complexity index is 1350. The van der Waals surface area contributed by atoms with E-state index in [2.05, 4.69) is 24.6 Å². The number of hydrogen-bond acceptors (Lipinski definition) is 6. The maximum Gasteiger partial charge on any atom is 0.296 e. The summed E-state index contributed by atoms with van der Waals surface area (Å²) in [7, 11) is -1.12. The Morgan fingerprint density at radius 3 is 2.77 bits per heavy atom. The predicted octanol–water partition coefficient (Wildman–Crippen LogP) is 2.69. The SMILES string of the molecule is COCC(F)(F)c1ccnc(-n2cc(S(=O)(=O)Nc3cccc4cnn(C)c34)cn2)c1. The van der Waals surface area contributed by atoms with Crippen LogP contribution in [-0.2, 0) is 27.7 Å². The summed E-state index contributed by atoms with van der Waals surface area (Å²) in [5.74, 6) is -3.18. The second kappa shape index (κ2) is 7.71. The summed E-state index contributed by atoms with van der Waals surface area (Å²) < 4.78 is 63.8. The fourth-order valence-electron chi connectivity index (χ4n) is 3.13. The van der Waals surface area contributed by atoms with Gasteiger partial charge in [0.05, 0.1) is 29.8 Å². The minimum absolute atomic E-state index is 0.0449. The van der Waals surface area contributed by atoms with Crippen LogP contribution < -0.4 is 4.72 Å². The molecule has 0 aliphatic carbocycles. The topological polar surface area (TPSA) is 104 Å². The number of pyridine rings is 1. The molecule has 0 saturated heterocycles. The number of benzene rings is 1. The number of anilines is 1. The van der Waals surface area contributed by atoms with Crippen molar-refractivity contribution < 1.29 is 21.9 Å². The summed E-state index contributed by atoms with van der Waals surface area (Å²) in [4.78, 5) is 3.86. The van der Waals surface area contributed by atoms with Crippen molar-refractivity contribution in [3.05, 3.63) is 60.7 Å². The number of methoxy groups -OCH3 is 1. The van der Waals surface area contributed by atoms with E-state index in [9.17, 15) is 17.2 Å². The molecule has 3 heterocycles. The molecule has 0 fully saturated rings. The van der Waals surface area contributed by atoms with Crippen LogP contribution in [-0.4, -0.2) is 46.7 Å². The van der Waals surface area contributed by atoms with E-state index in [1.54, 1.807) is 30.1 Å². The van der Waals surface area contributed by atoms with E-state index in [0.29, 0.717) is 11.2 Å². The van der Waals surface area contributed by atoms with Crippen molar-refractivity contribution in [2.24, 2.45) is 7.05 Å². The fraction of sp³-hybridized carbons (Fsp3) is 0.211. The maximum absolute atomic E-state index is 14.1. The highest BCUT2D eigenvalue weighted by Crippen LogP contribution is 2.29. The third kappa shape index (κ3) is 3.99. The molecule has 0 aliphatic rings. The van der Waals surface area contributed by atoms with Crippen LogP contribution in [0.1, 0.15) is 5.56 Å². The smallest absolute Gasteiger partial charge is 0.296 e. The van der Waals surface area contributed by atoms with Gasteiger partial charge in [0.1, 0.15) is 11.5 Å². The van der Waals surface area contributed by atoms with Gasteiger partial charge >= 0.3 is 0 Å². The first-order chi connectivity index (χ1) is 14.7. The largest absolute Gasteiger partial charge is 0.378 e. The lowest BCUT2D eigenvalue weighted by atomic mass is 10.1. The minimum Gasteiger partial charge on any atom is -0.378 e. The van der Waals surface area contributed by atoms with Crippen molar-refractivity contribution in [3.63, 3.8) is 0 Å². The van der Waals surface area contributed by atoms with Crippen LogP contribution in [0.2, 0.25) is 0 Å². The quantitative estimate of drug-likeness (QED) is 0.466. The molecule has 162 valence electrons. The zero-order valence-corrected chi connectivity index (χ0v) is 17.3. The van der Waals surface area contributed by atoms with Crippen LogP contribution >= 0.6 is 0 Å². The van der Waals surface area contributed by atoms with E-state index < -0.39 is 22.6 Å². The number of aromatic nitrogens is 5. The monoisotopic (exact) mass is 448 g/mol. The Morgan fingerprint density at radius 1 is 1.19 bits per heavy atom. The van der Waals surface area contributed by atoms with Crippen LogP contribution in [0.15, 0.2) is 60.0 Å². The van der Waals surface area contributed by atoms with Crippen LogP contribution in [0, 0.1) is 0 Å². The lowest BCUT2D eigenvalue weighted by molar-refractivity contribution is -0.0698. The van der Waals surface area contributed by atoms with Gasteiger partial charge < -0.3 is 4.74 Å². The molecule has 0 saturated carbocycles. The predicted molar refractivity (Wildman–Crippen MR) is 109 cm³/mol. The molecule has 31 heavy (non-hydrogen) atoms. The Balaban J connectivity index is 1.65. The van der Waals surface area contributed by atoms with Crippen molar-refractivity contribution >= 4 is 26.6 Å². The molecule has 0 atom stereocenters. The highest BCUT2D eigenvalue weighted by molar-refractivity contribution is 7.92. The highest BCUT2D eigenvalue weighted by atomic mass is 32.2. The molecule has 4 rings (SSSR count). The van der Waals surface area contributed by atoms with Crippen molar-refractivity contribution in [2.45, 2.75) is 10.8 Å². The Kier molecular flexibility index (Phi) is 5.19. The van der Waals surface area contributed by atoms with Gasteiger partial charge in [-0.2, -0.15) is 19.0 Å². The molecular weight excluding hydrogens is 430 g/mol. The normalized spacial score (nSPS) is 12.4. The number of rotatable bonds is 7. The first-order valence-electron chi connectivity index (χ1n) is 9.03. The maximum atomic E-state index is 14.1. The number of para-hydroxylation sites is 1. The average Bonchev–Trinajstić information content (AvgIpc) is 3.37. The number of aryl methyl sites for hydroxylation is 1. The fourth-order valence-corrected chi connectivity index (χ4v) is 4.12. The van der Waals surface area contributed by atoms with E-state index >= 15 is 0 Å². The van der Waals surface area contributed by atoms with Gasteiger partial charge in [-0.05, 0) is 18.2 Å². The number of fused-ring (bicyclic) bond motifs is 1. The molecule has 0 unspecified atom stereocenters. The van der Waals surface area contributed by atoms with Crippen LogP contribution in [0.5, 0.6) is 0 Å². The number of nitrogens with zero attached hydrogens (tertiary/aromatic N) is 5. The van der Waals surface area contributed by atoms with Crippen molar-refractivity contribution in [1.29, 1.82) is 0 Å². The van der Waals surface area contributed by atoms with Crippen molar-refractivity contribution in [1.82, 2.24) is 24.5 Å². The summed E-state index contributed by atoms with van der Waals surface area (Å²) in [6.07, 6.45) is 5.15. The summed E-state index contributed by atoms with van der Waals surface area (Å²) in [6.45, 7) is -0.793. The summed E-state index contributed by atoms with van der Waals surface area (Å²) >= 11 is 0. The molecule has 0 bridgehead atoms. The molecule has 1 aromatic carbocycles. The summed E-state index contributed by atoms with van der Waals surface area (Å²) in [5.41, 5.74) is 0.651. The van der Waals surface area contributed by atoms with Crippen LogP contribution in [0.3, 0.4) is 0 Å². The molecule has 9 nitrogen and oxygen atoms in total. The van der Waals surface area contributed by atoms with E-state index in [1.165, 1.54) is 25.6 Å². The number of ether oxygens (including phenoxy) is 1. The zero-order chi connectivity index (χ0) is 22.2. The van der Waals surface area contributed by atoms with Gasteiger partial charge in [-0.15, -0.1) is 0 Å². The number of halogens is 2. The number of hydrogen-bond donors (Lipinski definition) is 1. The van der Waals surface area contributed by atoms with E-state index in [4.69, 9.17) is 0 Å². The average molecular weight is 448 g/mol. The van der Waals surface area contributed by atoms with Gasteiger partial charge in [0, 0.05) is 31.3 Å². The molecule has 3 aromatic heterocycles. The molecule has 4 aromatic rings. The van der Waals surface area contributed by atoms with Gasteiger partial charge in [0.15, 0.2) is 5.82 Å². The van der Waals surface area contributed by atoms with E-state index in [1.807, 2.05) is 6.07 Å². The van der Waals surface area contributed by atoms with Gasteiger partial charge in [-0.1, -0.05) is 12.1 Å². The van der Waals surface area contributed by atoms with Gasteiger partial charge in [-0.25, -0.2) is 18.1 Å². The molecule has 0 spiro atoms. The second-order valence-electron chi connectivity index (χ2n) is 6.78. The summed E-state index contributed by atoms with van der Waals surface area (Å²) in [5, 5.41) is 8.88.